The largest absolute Gasteiger partial charge is 0.335 e. The van der Waals surface area contributed by atoms with Crippen molar-refractivity contribution in [2.24, 2.45) is 11.7 Å². The zero-order chi connectivity index (χ0) is 13.9. The molecule has 1 fully saturated rings. The van der Waals surface area contributed by atoms with E-state index in [0.29, 0.717) is 18.5 Å². The van der Waals surface area contributed by atoms with Crippen LogP contribution in [0.15, 0.2) is 30.3 Å². The molecule has 6 heteroatoms. The number of aromatic nitrogens is 4. The van der Waals surface area contributed by atoms with Gasteiger partial charge in [0.2, 0.25) is 0 Å². The Bertz CT molecular complexity index is 552. The summed E-state index contributed by atoms with van der Waals surface area (Å²) in [6, 6.07) is 10.3. The van der Waals surface area contributed by atoms with Gasteiger partial charge in [0.25, 0.3) is 5.95 Å². The van der Waals surface area contributed by atoms with Crippen LogP contribution in [0.2, 0.25) is 0 Å². The third-order valence-electron chi connectivity index (χ3n) is 3.96. The molecule has 20 heavy (non-hydrogen) atoms. The van der Waals surface area contributed by atoms with E-state index in [0.717, 1.165) is 31.0 Å². The van der Waals surface area contributed by atoms with E-state index < -0.39 is 0 Å². The van der Waals surface area contributed by atoms with Crippen molar-refractivity contribution in [2.45, 2.75) is 25.8 Å². The third kappa shape index (κ3) is 2.38. The van der Waals surface area contributed by atoms with Gasteiger partial charge in [-0.1, -0.05) is 30.2 Å². The molecule has 0 spiro atoms. The summed E-state index contributed by atoms with van der Waals surface area (Å²) in [5.41, 5.74) is 6.91. The van der Waals surface area contributed by atoms with E-state index in [9.17, 15) is 0 Å². The van der Waals surface area contributed by atoms with Crippen LogP contribution in [0.1, 0.15) is 19.8 Å². The van der Waals surface area contributed by atoms with Crippen molar-refractivity contribution in [1.82, 2.24) is 20.2 Å². The van der Waals surface area contributed by atoms with Gasteiger partial charge in [-0.25, -0.2) is 0 Å². The van der Waals surface area contributed by atoms with E-state index in [2.05, 4.69) is 27.3 Å². The van der Waals surface area contributed by atoms with Gasteiger partial charge < -0.3 is 10.6 Å². The summed E-state index contributed by atoms with van der Waals surface area (Å²) < 4.78 is 1.79. The molecule has 1 aromatic carbocycles. The molecule has 2 unspecified atom stereocenters. The zero-order valence-corrected chi connectivity index (χ0v) is 11.7. The maximum atomic E-state index is 5.93. The Morgan fingerprint density at radius 2 is 2.10 bits per heavy atom. The molecule has 6 nitrogen and oxygen atoms in total. The summed E-state index contributed by atoms with van der Waals surface area (Å²) in [4.78, 5) is 2.24. The minimum absolute atomic E-state index is 0.312. The SMILES string of the molecule is CC1CCN(c2nnnn2-c2ccccc2)C(CN)C1. The Balaban J connectivity index is 1.93. The molecule has 1 aromatic heterocycles. The first kappa shape index (κ1) is 13.1. The Labute approximate surface area is 118 Å². The summed E-state index contributed by atoms with van der Waals surface area (Å²) in [6.45, 7) is 3.86. The van der Waals surface area contributed by atoms with Crippen molar-refractivity contribution in [3.8, 4) is 5.69 Å². The third-order valence-corrected chi connectivity index (χ3v) is 3.96. The molecule has 2 heterocycles. The predicted molar refractivity (Wildman–Crippen MR) is 77.7 cm³/mol. The second kappa shape index (κ2) is 5.58. The summed E-state index contributed by atoms with van der Waals surface area (Å²) in [6.07, 6.45) is 2.25. The van der Waals surface area contributed by atoms with Gasteiger partial charge in [-0.2, -0.15) is 4.68 Å². The Morgan fingerprint density at radius 3 is 2.85 bits per heavy atom. The molecule has 1 aliphatic rings. The topological polar surface area (TPSA) is 72.9 Å². The average molecular weight is 272 g/mol. The molecule has 2 aromatic rings. The first-order valence-electron chi connectivity index (χ1n) is 7.10. The molecule has 0 radical (unpaired) electrons. The van der Waals surface area contributed by atoms with Gasteiger partial charge in [0.15, 0.2) is 0 Å². The van der Waals surface area contributed by atoms with Crippen LogP contribution in [0.5, 0.6) is 0 Å². The van der Waals surface area contributed by atoms with Crippen molar-refractivity contribution in [3.63, 3.8) is 0 Å². The quantitative estimate of drug-likeness (QED) is 0.909. The lowest BCUT2D eigenvalue weighted by atomic mass is 9.93. The summed E-state index contributed by atoms with van der Waals surface area (Å²) in [5, 5.41) is 12.2. The van der Waals surface area contributed by atoms with Crippen LogP contribution in [0.3, 0.4) is 0 Å². The van der Waals surface area contributed by atoms with Crippen molar-refractivity contribution in [3.05, 3.63) is 30.3 Å². The number of benzene rings is 1. The first-order chi connectivity index (χ1) is 9.79. The number of para-hydroxylation sites is 1. The second-order valence-electron chi connectivity index (χ2n) is 5.44. The van der Waals surface area contributed by atoms with E-state index in [1.165, 1.54) is 0 Å². The number of nitrogens with two attached hydrogens (primary N) is 1. The Hall–Kier alpha value is -1.95. The van der Waals surface area contributed by atoms with Crippen LogP contribution in [0, 0.1) is 5.92 Å². The highest BCUT2D eigenvalue weighted by Crippen LogP contribution is 2.26. The minimum atomic E-state index is 0.312. The highest BCUT2D eigenvalue weighted by atomic mass is 15.6. The average Bonchev–Trinajstić information content (AvgIpc) is 2.97. The van der Waals surface area contributed by atoms with E-state index in [4.69, 9.17) is 5.73 Å². The van der Waals surface area contributed by atoms with Crippen LogP contribution in [-0.2, 0) is 0 Å². The molecule has 0 amide bonds. The smallest absolute Gasteiger partial charge is 0.250 e. The van der Waals surface area contributed by atoms with Crippen LogP contribution >= 0.6 is 0 Å². The fraction of sp³-hybridized carbons (Fsp3) is 0.500. The Morgan fingerprint density at radius 1 is 1.30 bits per heavy atom. The lowest BCUT2D eigenvalue weighted by Crippen LogP contribution is -2.47. The number of hydrogen-bond acceptors (Lipinski definition) is 5. The molecule has 0 bridgehead atoms. The molecular formula is C14H20N6. The van der Waals surface area contributed by atoms with E-state index >= 15 is 0 Å². The molecule has 3 rings (SSSR count). The maximum Gasteiger partial charge on any atom is 0.250 e. The van der Waals surface area contributed by atoms with E-state index in [1.807, 2.05) is 30.3 Å². The fourth-order valence-electron chi connectivity index (χ4n) is 2.84. The molecule has 2 atom stereocenters. The second-order valence-corrected chi connectivity index (χ2v) is 5.44. The molecule has 0 saturated carbocycles. The van der Waals surface area contributed by atoms with Crippen molar-refractivity contribution in [2.75, 3.05) is 18.0 Å². The molecule has 0 aliphatic carbocycles. The van der Waals surface area contributed by atoms with Gasteiger partial charge in [-0.3, -0.25) is 0 Å². The summed E-state index contributed by atoms with van der Waals surface area (Å²) >= 11 is 0. The lowest BCUT2D eigenvalue weighted by molar-refractivity contribution is 0.361. The number of tetrazole rings is 1. The van der Waals surface area contributed by atoms with Crippen molar-refractivity contribution >= 4 is 5.95 Å². The van der Waals surface area contributed by atoms with Gasteiger partial charge in [0, 0.05) is 19.1 Å². The van der Waals surface area contributed by atoms with Crippen LogP contribution in [0.25, 0.3) is 5.69 Å². The normalized spacial score (nSPS) is 23.0. The standard InChI is InChI=1S/C14H20N6/c1-11-7-8-19(13(9-11)10-15)14-16-17-18-20(14)12-5-3-2-4-6-12/h2-6,11,13H,7-10,15H2,1H3. The lowest BCUT2D eigenvalue weighted by Gasteiger charge is -2.38. The van der Waals surface area contributed by atoms with E-state index in [1.54, 1.807) is 4.68 Å². The van der Waals surface area contributed by atoms with Crippen LogP contribution in [0.4, 0.5) is 5.95 Å². The van der Waals surface area contributed by atoms with Gasteiger partial charge in [-0.05, 0) is 41.3 Å². The number of rotatable bonds is 3. The van der Waals surface area contributed by atoms with Crippen LogP contribution < -0.4 is 10.6 Å². The van der Waals surface area contributed by atoms with Gasteiger partial charge in [0.05, 0.1) is 5.69 Å². The van der Waals surface area contributed by atoms with Gasteiger partial charge in [-0.15, -0.1) is 0 Å². The molecule has 1 aliphatic heterocycles. The monoisotopic (exact) mass is 272 g/mol. The van der Waals surface area contributed by atoms with Gasteiger partial charge >= 0.3 is 0 Å². The number of hydrogen-bond donors (Lipinski definition) is 1. The Kier molecular flexibility index (Phi) is 3.64. The van der Waals surface area contributed by atoms with Crippen LogP contribution in [-0.4, -0.2) is 39.3 Å². The maximum absolute atomic E-state index is 5.93. The highest BCUT2D eigenvalue weighted by Gasteiger charge is 2.29. The summed E-state index contributed by atoms with van der Waals surface area (Å²) in [7, 11) is 0. The molecule has 2 N–H and O–H groups in total. The predicted octanol–water partition coefficient (Wildman–Crippen LogP) is 1.23. The molecule has 1 saturated heterocycles. The minimum Gasteiger partial charge on any atom is -0.335 e. The first-order valence-corrected chi connectivity index (χ1v) is 7.10. The highest BCUT2D eigenvalue weighted by molar-refractivity contribution is 5.41. The van der Waals surface area contributed by atoms with Crippen molar-refractivity contribution in [1.29, 1.82) is 0 Å². The van der Waals surface area contributed by atoms with E-state index in [-0.39, 0.29) is 0 Å². The zero-order valence-electron chi connectivity index (χ0n) is 11.7. The number of piperidine rings is 1. The summed E-state index contributed by atoms with van der Waals surface area (Å²) in [5.74, 6) is 1.50. The van der Waals surface area contributed by atoms with Gasteiger partial charge in [0.1, 0.15) is 0 Å². The number of anilines is 1. The number of nitrogens with zero attached hydrogens (tertiary/aromatic N) is 5. The fourth-order valence-corrected chi connectivity index (χ4v) is 2.84. The molecular weight excluding hydrogens is 252 g/mol. The molecule has 106 valence electrons. The van der Waals surface area contributed by atoms with Crippen molar-refractivity contribution < 1.29 is 0 Å².